The van der Waals surface area contributed by atoms with Gasteiger partial charge in [-0.05, 0) is 36.8 Å². The van der Waals surface area contributed by atoms with E-state index in [0.29, 0.717) is 22.1 Å². The highest BCUT2D eigenvalue weighted by Gasteiger charge is 2.14. The molecule has 0 aliphatic carbocycles. The molecule has 0 saturated carbocycles. The number of aryl methyl sites for hydroxylation is 1. The van der Waals surface area contributed by atoms with Crippen molar-refractivity contribution >= 4 is 11.6 Å². The quantitative estimate of drug-likeness (QED) is 0.781. The van der Waals surface area contributed by atoms with Gasteiger partial charge in [-0.25, -0.2) is 0 Å². The number of phenols is 1. The summed E-state index contributed by atoms with van der Waals surface area (Å²) < 4.78 is 5.16. The van der Waals surface area contributed by atoms with Crippen LogP contribution in [0.5, 0.6) is 5.75 Å². The van der Waals surface area contributed by atoms with Gasteiger partial charge in [0.25, 0.3) is 5.89 Å². The van der Waals surface area contributed by atoms with E-state index in [1.165, 1.54) is 6.20 Å². The topological polar surface area (TPSA) is 72.0 Å². The highest BCUT2D eigenvalue weighted by atomic mass is 35.5. The van der Waals surface area contributed by atoms with Gasteiger partial charge in [0.1, 0.15) is 11.4 Å². The summed E-state index contributed by atoms with van der Waals surface area (Å²) in [5.74, 6) is 0.690. The molecule has 0 atom stereocenters. The summed E-state index contributed by atoms with van der Waals surface area (Å²) in [6.45, 7) is 1.89. The molecule has 0 amide bonds. The lowest BCUT2D eigenvalue weighted by atomic mass is 10.1. The third kappa shape index (κ3) is 2.35. The van der Waals surface area contributed by atoms with Gasteiger partial charge in [-0.1, -0.05) is 22.8 Å². The number of hydrogen-bond acceptors (Lipinski definition) is 5. The van der Waals surface area contributed by atoms with Crippen molar-refractivity contribution in [1.29, 1.82) is 0 Å². The number of rotatable bonds is 2. The molecule has 100 valence electrons. The molecule has 0 bridgehead atoms. The third-order valence-electron chi connectivity index (χ3n) is 2.77. The van der Waals surface area contributed by atoms with E-state index in [1.807, 2.05) is 13.0 Å². The van der Waals surface area contributed by atoms with Crippen LogP contribution >= 0.6 is 11.6 Å². The van der Waals surface area contributed by atoms with Gasteiger partial charge in [0.15, 0.2) is 0 Å². The lowest BCUT2D eigenvalue weighted by Gasteiger charge is -1.99. The summed E-state index contributed by atoms with van der Waals surface area (Å²) in [6, 6.07) is 8.63. The van der Waals surface area contributed by atoms with Crippen molar-refractivity contribution in [2.45, 2.75) is 6.92 Å². The summed E-state index contributed by atoms with van der Waals surface area (Å²) in [5.41, 5.74) is 1.99. The Morgan fingerprint density at radius 2 is 2.05 bits per heavy atom. The Bertz CT molecular complexity index is 753. The van der Waals surface area contributed by atoms with Crippen LogP contribution in [0.2, 0.25) is 5.02 Å². The number of phenolic OH excluding ortho intramolecular Hbond substituents is 1. The van der Waals surface area contributed by atoms with Crippen LogP contribution in [-0.4, -0.2) is 20.2 Å². The summed E-state index contributed by atoms with van der Waals surface area (Å²) >= 11 is 5.78. The third-order valence-corrected chi connectivity index (χ3v) is 2.99. The Labute approximate surface area is 119 Å². The molecule has 2 heterocycles. The number of benzene rings is 1. The smallest absolute Gasteiger partial charge is 0.262 e. The number of halogens is 1. The average Bonchev–Trinajstić information content (AvgIpc) is 2.89. The second-order valence-corrected chi connectivity index (χ2v) is 4.74. The van der Waals surface area contributed by atoms with E-state index in [4.69, 9.17) is 16.1 Å². The molecule has 6 heteroatoms. The number of aromatic hydroxyl groups is 1. The zero-order valence-electron chi connectivity index (χ0n) is 10.5. The SMILES string of the molecule is Cc1ccc(-c2nc(-c3ccc(Cl)cn3)no2)c(O)c1. The van der Waals surface area contributed by atoms with Gasteiger partial charge in [0.2, 0.25) is 5.82 Å². The van der Waals surface area contributed by atoms with Crippen molar-refractivity contribution in [3.63, 3.8) is 0 Å². The molecule has 20 heavy (non-hydrogen) atoms. The predicted octanol–water partition coefficient (Wildman–Crippen LogP) is 3.47. The van der Waals surface area contributed by atoms with Crippen LogP contribution in [0, 0.1) is 6.92 Å². The van der Waals surface area contributed by atoms with E-state index in [0.717, 1.165) is 5.56 Å². The first kappa shape index (κ1) is 12.6. The second-order valence-electron chi connectivity index (χ2n) is 4.31. The van der Waals surface area contributed by atoms with E-state index >= 15 is 0 Å². The van der Waals surface area contributed by atoms with E-state index in [9.17, 15) is 5.11 Å². The van der Waals surface area contributed by atoms with Gasteiger partial charge in [-0.3, -0.25) is 4.98 Å². The fraction of sp³-hybridized carbons (Fsp3) is 0.0714. The van der Waals surface area contributed by atoms with Gasteiger partial charge >= 0.3 is 0 Å². The molecule has 0 fully saturated rings. The molecule has 0 aliphatic heterocycles. The molecule has 3 aromatic rings. The standard InChI is InChI=1S/C14H10ClN3O2/c1-8-2-4-10(12(19)6-8)14-17-13(18-20-14)11-5-3-9(15)7-16-11/h2-7,19H,1H3. The first-order valence-corrected chi connectivity index (χ1v) is 6.27. The average molecular weight is 288 g/mol. The minimum Gasteiger partial charge on any atom is -0.507 e. The maximum atomic E-state index is 9.90. The lowest BCUT2D eigenvalue weighted by molar-refractivity contribution is 0.425. The van der Waals surface area contributed by atoms with Crippen molar-refractivity contribution in [2.24, 2.45) is 0 Å². The second kappa shape index (κ2) is 4.94. The van der Waals surface area contributed by atoms with Gasteiger partial charge in [0.05, 0.1) is 10.6 Å². The monoisotopic (exact) mass is 287 g/mol. The molecule has 2 aromatic heterocycles. The van der Waals surface area contributed by atoms with Crippen molar-refractivity contribution in [2.75, 3.05) is 0 Å². The van der Waals surface area contributed by atoms with Crippen LogP contribution in [-0.2, 0) is 0 Å². The number of pyridine rings is 1. The van der Waals surface area contributed by atoms with Crippen LogP contribution < -0.4 is 0 Å². The van der Waals surface area contributed by atoms with Gasteiger partial charge in [0, 0.05) is 6.20 Å². The highest BCUT2D eigenvalue weighted by molar-refractivity contribution is 6.30. The molecule has 5 nitrogen and oxygen atoms in total. The minimum atomic E-state index is 0.101. The summed E-state index contributed by atoms with van der Waals surface area (Å²) in [4.78, 5) is 8.34. The molecule has 0 radical (unpaired) electrons. The van der Waals surface area contributed by atoms with Crippen molar-refractivity contribution < 1.29 is 9.63 Å². The van der Waals surface area contributed by atoms with Crippen LogP contribution in [0.25, 0.3) is 23.0 Å². The summed E-state index contributed by atoms with van der Waals surface area (Å²) in [7, 11) is 0. The van der Waals surface area contributed by atoms with E-state index in [1.54, 1.807) is 24.3 Å². The molecular formula is C14H10ClN3O2. The van der Waals surface area contributed by atoms with Crippen molar-refractivity contribution in [3.8, 4) is 28.7 Å². The van der Waals surface area contributed by atoms with Crippen LogP contribution in [0.4, 0.5) is 0 Å². The molecular weight excluding hydrogens is 278 g/mol. The lowest BCUT2D eigenvalue weighted by Crippen LogP contribution is -1.85. The van der Waals surface area contributed by atoms with Crippen LogP contribution in [0.3, 0.4) is 0 Å². The molecule has 3 rings (SSSR count). The molecule has 1 aromatic carbocycles. The summed E-state index contributed by atoms with van der Waals surface area (Å²) in [5, 5.41) is 14.3. The molecule has 0 aliphatic rings. The first-order valence-electron chi connectivity index (χ1n) is 5.89. The van der Waals surface area contributed by atoms with Gasteiger partial charge in [-0.15, -0.1) is 0 Å². The Hall–Kier alpha value is -2.40. The van der Waals surface area contributed by atoms with Crippen molar-refractivity contribution in [1.82, 2.24) is 15.1 Å². The largest absolute Gasteiger partial charge is 0.507 e. The Morgan fingerprint density at radius 3 is 2.75 bits per heavy atom. The Morgan fingerprint density at radius 1 is 1.20 bits per heavy atom. The Kier molecular flexibility index (Phi) is 3.12. The minimum absolute atomic E-state index is 0.101. The number of aromatic nitrogens is 3. The van der Waals surface area contributed by atoms with E-state index < -0.39 is 0 Å². The molecule has 0 spiro atoms. The van der Waals surface area contributed by atoms with Crippen molar-refractivity contribution in [3.05, 3.63) is 47.1 Å². The summed E-state index contributed by atoms with van der Waals surface area (Å²) in [6.07, 6.45) is 1.51. The molecule has 1 N–H and O–H groups in total. The van der Waals surface area contributed by atoms with Gasteiger partial charge < -0.3 is 9.63 Å². The first-order chi connectivity index (χ1) is 9.63. The highest BCUT2D eigenvalue weighted by Crippen LogP contribution is 2.29. The van der Waals surface area contributed by atoms with E-state index in [2.05, 4.69) is 15.1 Å². The zero-order valence-corrected chi connectivity index (χ0v) is 11.3. The molecule has 0 saturated heterocycles. The maximum absolute atomic E-state index is 9.90. The zero-order chi connectivity index (χ0) is 14.1. The fourth-order valence-corrected chi connectivity index (χ4v) is 1.88. The molecule has 0 unspecified atom stereocenters. The fourth-order valence-electron chi connectivity index (χ4n) is 1.77. The van der Waals surface area contributed by atoms with E-state index in [-0.39, 0.29) is 11.6 Å². The Balaban J connectivity index is 1.99. The van der Waals surface area contributed by atoms with Crippen LogP contribution in [0.15, 0.2) is 41.1 Å². The maximum Gasteiger partial charge on any atom is 0.262 e. The number of hydrogen-bond donors (Lipinski definition) is 1. The predicted molar refractivity (Wildman–Crippen MR) is 74.4 cm³/mol. The van der Waals surface area contributed by atoms with Crippen LogP contribution in [0.1, 0.15) is 5.56 Å². The van der Waals surface area contributed by atoms with Gasteiger partial charge in [-0.2, -0.15) is 4.98 Å². The normalized spacial score (nSPS) is 10.7. The number of nitrogens with zero attached hydrogens (tertiary/aromatic N) is 3.